The van der Waals surface area contributed by atoms with Crippen LogP contribution < -0.4 is 14.4 Å². The summed E-state index contributed by atoms with van der Waals surface area (Å²) in [6.45, 7) is 4.36. The fourth-order valence-electron chi connectivity index (χ4n) is 3.33. The van der Waals surface area contributed by atoms with Crippen molar-refractivity contribution in [1.82, 2.24) is 4.90 Å². The first kappa shape index (κ1) is 20.5. The zero-order valence-electron chi connectivity index (χ0n) is 17.1. The first-order chi connectivity index (χ1) is 14.0. The summed E-state index contributed by atoms with van der Waals surface area (Å²) < 4.78 is 10.6. The first-order valence-electron chi connectivity index (χ1n) is 9.57. The number of methoxy groups -OCH3 is 2. The van der Waals surface area contributed by atoms with Gasteiger partial charge in [0, 0.05) is 49.1 Å². The van der Waals surface area contributed by atoms with Crippen molar-refractivity contribution in [3.05, 3.63) is 59.7 Å². The summed E-state index contributed by atoms with van der Waals surface area (Å²) in [5, 5.41) is 0. The van der Waals surface area contributed by atoms with Gasteiger partial charge in [-0.25, -0.2) is 0 Å². The Morgan fingerprint density at radius 3 is 2.21 bits per heavy atom. The molecule has 1 fully saturated rings. The number of benzene rings is 2. The summed E-state index contributed by atoms with van der Waals surface area (Å²) in [5.74, 6) is 1.43. The number of hydrogen-bond donors (Lipinski definition) is 0. The Morgan fingerprint density at radius 2 is 1.62 bits per heavy atom. The van der Waals surface area contributed by atoms with Gasteiger partial charge in [-0.2, -0.15) is 0 Å². The number of anilines is 1. The van der Waals surface area contributed by atoms with E-state index in [1.807, 2.05) is 47.4 Å². The van der Waals surface area contributed by atoms with Crippen LogP contribution in [0.15, 0.2) is 48.5 Å². The minimum Gasteiger partial charge on any atom is -0.497 e. The molecule has 29 heavy (non-hydrogen) atoms. The van der Waals surface area contributed by atoms with Crippen LogP contribution in [0.3, 0.4) is 0 Å². The number of hydrogen-bond acceptors (Lipinski definition) is 5. The van der Waals surface area contributed by atoms with E-state index in [2.05, 4.69) is 4.90 Å². The van der Waals surface area contributed by atoms with Gasteiger partial charge in [0.15, 0.2) is 5.78 Å². The molecule has 0 saturated carbocycles. The van der Waals surface area contributed by atoms with Crippen LogP contribution in [-0.2, 0) is 4.79 Å². The molecule has 1 amide bonds. The summed E-state index contributed by atoms with van der Waals surface area (Å²) in [7, 11) is 3.21. The molecular formula is C23H26N2O4. The number of ether oxygens (including phenoxy) is 2. The van der Waals surface area contributed by atoms with Gasteiger partial charge in [-0.15, -0.1) is 0 Å². The second-order valence-electron chi connectivity index (χ2n) is 6.86. The molecule has 2 aromatic carbocycles. The molecule has 6 nitrogen and oxygen atoms in total. The Labute approximate surface area is 171 Å². The highest BCUT2D eigenvalue weighted by Crippen LogP contribution is 2.25. The van der Waals surface area contributed by atoms with Crippen molar-refractivity contribution >= 4 is 23.5 Å². The Kier molecular flexibility index (Phi) is 6.54. The molecule has 0 bridgehead atoms. The molecule has 3 rings (SSSR count). The highest BCUT2D eigenvalue weighted by Gasteiger charge is 2.20. The van der Waals surface area contributed by atoms with Gasteiger partial charge in [-0.05, 0) is 55.5 Å². The molecule has 1 aliphatic heterocycles. The second kappa shape index (κ2) is 9.28. The lowest BCUT2D eigenvalue weighted by Gasteiger charge is -2.35. The topological polar surface area (TPSA) is 59.1 Å². The van der Waals surface area contributed by atoms with E-state index in [4.69, 9.17) is 9.47 Å². The van der Waals surface area contributed by atoms with Gasteiger partial charge < -0.3 is 19.3 Å². The Hall–Kier alpha value is -3.28. The molecule has 0 radical (unpaired) electrons. The lowest BCUT2D eigenvalue weighted by molar-refractivity contribution is -0.126. The molecule has 0 spiro atoms. The molecule has 0 aromatic heterocycles. The normalized spacial score (nSPS) is 14.2. The molecular weight excluding hydrogens is 368 g/mol. The van der Waals surface area contributed by atoms with E-state index in [0.717, 1.165) is 24.3 Å². The SMILES string of the molecule is COc1ccc(OC)c(C=CC(=O)N2CCN(c3ccc(C(C)=O)cc3)CC2)c1. The first-order valence-corrected chi connectivity index (χ1v) is 9.57. The van der Waals surface area contributed by atoms with Gasteiger partial charge in [0.25, 0.3) is 0 Å². The lowest BCUT2D eigenvalue weighted by atomic mass is 10.1. The van der Waals surface area contributed by atoms with Crippen LogP contribution in [-0.4, -0.2) is 57.0 Å². The van der Waals surface area contributed by atoms with Gasteiger partial charge in [-0.1, -0.05) is 0 Å². The molecule has 0 aliphatic carbocycles. The number of carbonyl (C=O) groups is 2. The number of carbonyl (C=O) groups excluding carboxylic acids is 2. The molecule has 0 N–H and O–H groups in total. The molecule has 0 atom stereocenters. The third-order valence-electron chi connectivity index (χ3n) is 5.07. The van der Waals surface area contributed by atoms with Gasteiger partial charge in [0.2, 0.25) is 5.91 Å². The number of nitrogens with zero attached hydrogens (tertiary/aromatic N) is 2. The van der Waals surface area contributed by atoms with Gasteiger partial charge in [0.05, 0.1) is 14.2 Å². The van der Waals surface area contributed by atoms with E-state index in [0.29, 0.717) is 30.2 Å². The minimum absolute atomic E-state index is 0.0264. The van der Waals surface area contributed by atoms with E-state index in [-0.39, 0.29) is 11.7 Å². The maximum atomic E-state index is 12.6. The van der Waals surface area contributed by atoms with E-state index in [1.165, 1.54) is 0 Å². The van der Waals surface area contributed by atoms with Crippen molar-refractivity contribution in [3.63, 3.8) is 0 Å². The molecule has 2 aromatic rings. The monoisotopic (exact) mass is 394 g/mol. The summed E-state index contributed by atoms with van der Waals surface area (Å²) in [4.78, 5) is 28.1. The molecule has 0 unspecified atom stereocenters. The van der Waals surface area contributed by atoms with Crippen LogP contribution >= 0.6 is 0 Å². The zero-order chi connectivity index (χ0) is 20.8. The number of piperazine rings is 1. The predicted molar refractivity (Wildman–Crippen MR) is 114 cm³/mol. The predicted octanol–water partition coefficient (Wildman–Crippen LogP) is 3.27. The van der Waals surface area contributed by atoms with Crippen molar-refractivity contribution in [2.75, 3.05) is 45.3 Å². The van der Waals surface area contributed by atoms with Crippen molar-refractivity contribution in [2.24, 2.45) is 0 Å². The highest BCUT2D eigenvalue weighted by atomic mass is 16.5. The fraction of sp³-hybridized carbons (Fsp3) is 0.304. The third kappa shape index (κ3) is 4.96. The molecule has 1 aliphatic rings. The zero-order valence-corrected chi connectivity index (χ0v) is 17.1. The smallest absolute Gasteiger partial charge is 0.246 e. The number of Topliss-reactive ketones (excluding diaryl/α,β-unsaturated/α-hetero) is 1. The van der Waals surface area contributed by atoms with Crippen molar-refractivity contribution in [1.29, 1.82) is 0 Å². The maximum Gasteiger partial charge on any atom is 0.246 e. The molecule has 1 saturated heterocycles. The average molecular weight is 394 g/mol. The maximum absolute atomic E-state index is 12.6. The third-order valence-corrected chi connectivity index (χ3v) is 5.07. The molecule has 152 valence electrons. The molecule has 6 heteroatoms. The highest BCUT2D eigenvalue weighted by molar-refractivity contribution is 5.94. The van der Waals surface area contributed by atoms with Gasteiger partial charge in [-0.3, -0.25) is 9.59 Å². The van der Waals surface area contributed by atoms with E-state index in [9.17, 15) is 9.59 Å². The number of amides is 1. The number of rotatable bonds is 6. The largest absolute Gasteiger partial charge is 0.497 e. The standard InChI is InChI=1S/C23H26N2O4/c1-17(26)18-4-7-20(8-5-18)24-12-14-25(15-13-24)23(27)11-6-19-16-21(28-2)9-10-22(19)29-3/h4-11,16H,12-15H2,1-3H3. The summed E-state index contributed by atoms with van der Waals surface area (Å²) >= 11 is 0. The van der Waals surface area contributed by atoms with Crippen molar-refractivity contribution in [2.45, 2.75) is 6.92 Å². The number of ketones is 1. The van der Waals surface area contributed by atoms with E-state index in [1.54, 1.807) is 33.3 Å². The van der Waals surface area contributed by atoms with Gasteiger partial charge in [0.1, 0.15) is 11.5 Å². The van der Waals surface area contributed by atoms with Crippen LogP contribution in [0.2, 0.25) is 0 Å². The minimum atomic E-state index is -0.0264. The Balaban J connectivity index is 1.60. The van der Waals surface area contributed by atoms with Crippen LogP contribution in [0.25, 0.3) is 6.08 Å². The Bertz CT molecular complexity index is 898. The summed E-state index contributed by atoms with van der Waals surface area (Å²) in [6.07, 6.45) is 3.34. The summed E-state index contributed by atoms with van der Waals surface area (Å²) in [5.41, 5.74) is 2.57. The van der Waals surface area contributed by atoms with Crippen molar-refractivity contribution in [3.8, 4) is 11.5 Å². The van der Waals surface area contributed by atoms with Crippen LogP contribution in [0.1, 0.15) is 22.8 Å². The van der Waals surface area contributed by atoms with E-state index < -0.39 is 0 Å². The molecule has 1 heterocycles. The second-order valence-corrected chi connectivity index (χ2v) is 6.86. The van der Waals surface area contributed by atoms with Crippen LogP contribution in [0.5, 0.6) is 11.5 Å². The Morgan fingerprint density at radius 1 is 0.931 bits per heavy atom. The van der Waals surface area contributed by atoms with E-state index >= 15 is 0 Å². The summed E-state index contributed by atoms with van der Waals surface area (Å²) in [6, 6.07) is 13.1. The van der Waals surface area contributed by atoms with Crippen molar-refractivity contribution < 1.29 is 19.1 Å². The quantitative estimate of drug-likeness (QED) is 0.556. The van der Waals surface area contributed by atoms with Gasteiger partial charge >= 0.3 is 0 Å². The fourth-order valence-corrected chi connectivity index (χ4v) is 3.33. The van der Waals surface area contributed by atoms with Crippen LogP contribution in [0, 0.1) is 0 Å². The average Bonchev–Trinajstić information content (AvgIpc) is 2.77. The van der Waals surface area contributed by atoms with Crippen LogP contribution in [0.4, 0.5) is 5.69 Å². The lowest BCUT2D eigenvalue weighted by Crippen LogP contribution is -2.48.